The summed E-state index contributed by atoms with van der Waals surface area (Å²) in [5.41, 5.74) is 8.43. The molecule has 3 aromatic rings. The number of aromatic amines is 1. The second-order valence-corrected chi connectivity index (χ2v) is 4.69. The van der Waals surface area contributed by atoms with Crippen LogP contribution in [0.3, 0.4) is 0 Å². The maximum atomic E-state index is 12.3. The zero-order chi connectivity index (χ0) is 14.8. The minimum Gasteiger partial charge on any atom is -0.495 e. The number of amides is 1. The van der Waals surface area contributed by atoms with Gasteiger partial charge in [-0.2, -0.15) is 0 Å². The standard InChI is InChI=1S/C16H15N3O2/c1-21-15-9-12(4-5-13(15)17)19-16(20)11-3-2-10-6-7-18-14(10)8-11/h2-9,18H,17H2,1H3,(H,19,20). The lowest BCUT2D eigenvalue weighted by molar-refractivity contribution is 0.102. The van der Waals surface area contributed by atoms with E-state index in [9.17, 15) is 4.79 Å². The lowest BCUT2D eigenvalue weighted by Gasteiger charge is -2.09. The Hall–Kier alpha value is -2.95. The minimum absolute atomic E-state index is 0.182. The van der Waals surface area contributed by atoms with Gasteiger partial charge in [0, 0.05) is 29.0 Å². The van der Waals surface area contributed by atoms with Gasteiger partial charge in [0.1, 0.15) is 5.75 Å². The molecule has 0 saturated carbocycles. The fourth-order valence-corrected chi connectivity index (χ4v) is 2.18. The van der Waals surface area contributed by atoms with E-state index in [1.807, 2.05) is 24.4 Å². The summed E-state index contributed by atoms with van der Waals surface area (Å²) in [5, 5.41) is 3.90. The highest BCUT2D eigenvalue weighted by molar-refractivity contribution is 6.06. The molecule has 0 spiro atoms. The van der Waals surface area contributed by atoms with E-state index < -0.39 is 0 Å². The molecule has 0 aliphatic carbocycles. The topological polar surface area (TPSA) is 80.1 Å². The Morgan fingerprint density at radius 1 is 1.19 bits per heavy atom. The van der Waals surface area contributed by atoms with Crippen LogP contribution in [0.2, 0.25) is 0 Å². The predicted octanol–water partition coefficient (Wildman–Crippen LogP) is 3.01. The van der Waals surface area contributed by atoms with Crippen LogP contribution in [0.1, 0.15) is 10.4 Å². The van der Waals surface area contributed by atoms with Gasteiger partial charge < -0.3 is 20.8 Å². The molecular formula is C16H15N3O2. The van der Waals surface area contributed by atoms with Crippen molar-refractivity contribution in [1.29, 1.82) is 0 Å². The summed E-state index contributed by atoms with van der Waals surface area (Å²) >= 11 is 0. The van der Waals surface area contributed by atoms with Crippen LogP contribution in [0, 0.1) is 0 Å². The van der Waals surface area contributed by atoms with Crippen LogP contribution in [0.25, 0.3) is 10.9 Å². The quantitative estimate of drug-likeness (QED) is 0.645. The highest BCUT2D eigenvalue weighted by atomic mass is 16.5. The number of rotatable bonds is 3. The molecule has 1 heterocycles. The van der Waals surface area contributed by atoms with Crippen molar-refractivity contribution in [2.45, 2.75) is 0 Å². The number of fused-ring (bicyclic) bond motifs is 1. The maximum Gasteiger partial charge on any atom is 0.255 e. The van der Waals surface area contributed by atoms with Crippen LogP contribution in [-0.2, 0) is 0 Å². The van der Waals surface area contributed by atoms with Crippen LogP contribution >= 0.6 is 0 Å². The normalized spacial score (nSPS) is 10.5. The van der Waals surface area contributed by atoms with Crippen LogP contribution in [-0.4, -0.2) is 18.0 Å². The predicted molar refractivity (Wildman–Crippen MR) is 83.7 cm³/mol. The minimum atomic E-state index is -0.182. The van der Waals surface area contributed by atoms with Crippen LogP contribution in [0.4, 0.5) is 11.4 Å². The van der Waals surface area contributed by atoms with E-state index in [2.05, 4.69) is 10.3 Å². The summed E-state index contributed by atoms with van der Waals surface area (Å²) in [5.74, 6) is 0.353. The Labute approximate surface area is 121 Å². The number of hydrogen-bond acceptors (Lipinski definition) is 3. The molecule has 5 nitrogen and oxygen atoms in total. The number of hydrogen-bond donors (Lipinski definition) is 3. The molecule has 1 aromatic heterocycles. The van der Waals surface area contributed by atoms with E-state index >= 15 is 0 Å². The van der Waals surface area contributed by atoms with Crippen LogP contribution in [0.5, 0.6) is 5.75 Å². The first-order chi connectivity index (χ1) is 10.2. The molecule has 0 unspecified atom stereocenters. The summed E-state index contributed by atoms with van der Waals surface area (Å²) < 4.78 is 5.14. The van der Waals surface area contributed by atoms with E-state index in [0.717, 1.165) is 10.9 Å². The van der Waals surface area contributed by atoms with Gasteiger partial charge in [0.05, 0.1) is 12.8 Å². The van der Waals surface area contributed by atoms with Crippen molar-refractivity contribution in [1.82, 2.24) is 4.98 Å². The van der Waals surface area contributed by atoms with E-state index in [1.165, 1.54) is 7.11 Å². The van der Waals surface area contributed by atoms with Crippen molar-refractivity contribution in [3.8, 4) is 5.75 Å². The zero-order valence-electron chi connectivity index (χ0n) is 11.5. The Balaban J connectivity index is 1.85. The van der Waals surface area contributed by atoms with Crippen molar-refractivity contribution in [2.24, 2.45) is 0 Å². The lowest BCUT2D eigenvalue weighted by atomic mass is 10.1. The number of carbonyl (C=O) groups excluding carboxylic acids is 1. The molecule has 0 saturated heterocycles. The molecule has 0 atom stereocenters. The van der Waals surface area contributed by atoms with Crippen molar-refractivity contribution in [3.63, 3.8) is 0 Å². The number of nitrogen functional groups attached to an aromatic ring is 1. The summed E-state index contributed by atoms with van der Waals surface area (Å²) in [6, 6.07) is 12.6. The Bertz CT molecular complexity index is 808. The van der Waals surface area contributed by atoms with Crippen molar-refractivity contribution < 1.29 is 9.53 Å². The summed E-state index contributed by atoms with van der Waals surface area (Å²) in [6.07, 6.45) is 1.84. The largest absolute Gasteiger partial charge is 0.495 e. The van der Waals surface area contributed by atoms with Gasteiger partial charge in [0.2, 0.25) is 0 Å². The number of methoxy groups -OCH3 is 1. The first kappa shape index (κ1) is 13.1. The van der Waals surface area contributed by atoms with Gasteiger partial charge in [-0.1, -0.05) is 6.07 Å². The molecule has 106 valence electrons. The molecule has 4 N–H and O–H groups in total. The highest BCUT2D eigenvalue weighted by Gasteiger charge is 2.09. The van der Waals surface area contributed by atoms with Gasteiger partial charge in [-0.25, -0.2) is 0 Å². The summed E-state index contributed by atoms with van der Waals surface area (Å²) in [4.78, 5) is 15.4. The summed E-state index contributed by atoms with van der Waals surface area (Å²) in [6.45, 7) is 0. The van der Waals surface area contributed by atoms with Crippen molar-refractivity contribution in [2.75, 3.05) is 18.2 Å². The van der Waals surface area contributed by atoms with Gasteiger partial charge in [-0.05, 0) is 35.7 Å². The maximum absolute atomic E-state index is 12.3. The Morgan fingerprint density at radius 2 is 2.05 bits per heavy atom. The van der Waals surface area contributed by atoms with E-state index in [4.69, 9.17) is 10.5 Å². The van der Waals surface area contributed by atoms with Crippen LogP contribution < -0.4 is 15.8 Å². The molecule has 5 heteroatoms. The zero-order valence-corrected chi connectivity index (χ0v) is 11.5. The number of benzene rings is 2. The molecular weight excluding hydrogens is 266 g/mol. The number of nitrogens with two attached hydrogens (primary N) is 1. The van der Waals surface area contributed by atoms with E-state index in [-0.39, 0.29) is 5.91 Å². The average molecular weight is 281 g/mol. The number of carbonyl (C=O) groups is 1. The second kappa shape index (κ2) is 5.20. The average Bonchev–Trinajstić information content (AvgIpc) is 2.96. The number of aromatic nitrogens is 1. The molecule has 0 fully saturated rings. The molecule has 2 aromatic carbocycles. The molecule has 0 bridgehead atoms. The monoisotopic (exact) mass is 281 g/mol. The molecule has 0 aliphatic heterocycles. The Morgan fingerprint density at radius 3 is 2.86 bits per heavy atom. The molecule has 0 radical (unpaired) electrons. The number of H-pyrrole nitrogens is 1. The van der Waals surface area contributed by atoms with Gasteiger partial charge in [-0.3, -0.25) is 4.79 Å². The van der Waals surface area contributed by atoms with E-state index in [0.29, 0.717) is 22.7 Å². The molecule has 3 rings (SSSR count). The fraction of sp³-hybridized carbons (Fsp3) is 0.0625. The number of ether oxygens (including phenoxy) is 1. The third kappa shape index (κ3) is 2.53. The third-order valence-corrected chi connectivity index (χ3v) is 3.31. The van der Waals surface area contributed by atoms with Gasteiger partial charge in [-0.15, -0.1) is 0 Å². The van der Waals surface area contributed by atoms with E-state index in [1.54, 1.807) is 24.3 Å². The third-order valence-electron chi connectivity index (χ3n) is 3.31. The van der Waals surface area contributed by atoms with Crippen molar-refractivity contribution >= 4 is 28.2 Å². The SMILES string of the molecule is COc1cc(NC(=O)c2ccc3cc[nH]c3c2)ccc1N. The molecule has 1 amide bonds. The first-order valence-corrected chi connectivity index (χ1v) is 6.49. The molecule has 21 heavy (non-hydrogen) atoms. The fourth-order valence-electron chi connectivity index (χ4n) is 2.18. The van der Waals surface area contributed by atoms with Crippen molar-refractivity contribution in [3.05, 3.63) is 54.2 Å². The second-order valence-electron chi connectivity index (χ2n) is 4.69. The highest BCUT2D eigenvalue weighted by Crippen LogP contribution is 2.25. The number of nitrogens with one attached hydrogen (secondary N) is 2. The van der Waals surface area contributed by atoms with Gasteiger partial charge in [0.15, 0.2) is 0 Å². The van der Waals surface area contributed by atoms with Crippen LogP contribution in [0.15, 0.2) is 48.7 Å². The van der Waals surface area contributed by atoms with Gasteiger partial charge in [0.25, 0.3) is 5.91 Å². The lowest BCUT2D eigenvalue weighted by Crippen LogP contribution is -2.12. The summed E-state index contributed by atoms with van der Waals surface area (Å²) in [7, 11) is 1.54. The Kier molecular flexibility index (Phi) is 3.23. The molecule has 0 aliphatic rings. The smallest absolute Gasteiger partial charge is 0.255 e. The number of anilines is 2. The van der Waals surface area contributed by atoms with Gasteiger partial charge >= 0.3 is 0 Å². The first-order valence-electron chi connectivity index (χ1n) is 6.49.